The summed E-state index contributed by atoms with van der Waals surface area (Å²) in [6.45, 7) is 3.42. The highest BCUT2D eigenvalue weighted by Crippen LogP contribution is 2.23. The van der Waals surface area contributed by atoms with Crippen molar-refractivity contribution < 1.29 is 15.3 Å². The molecule has 1 aliphatic carbocycles. The van der Waals surface area contributed by atoms with Crippen molar-refractivity contribution in [2.24, 2.45) is 11.3 Å². The maximum absolute atomic E-state index is 9.37. The normalized spacial score (nSPS) is 27.0. The third-order valence-corrected chi connectivity index (χ3v) is 3.56. The van der Waals surface area contributed by atoms with Gasteiger partial charge in [0.25, 0.3) is 0 Å². The van der Waals surface area contributed by atoms with E-state index in [9.17, 15) is 5.11 Å². The predicted octanol–water partition coefficient (Wildman–Crippen LogP) is 0.118. The van der Waals surface area contributed by atoms with Gasteiger partial charge in [-0.2, -0.15) is 0 Å². The van der Waals surface area contributed by atoms with Gasteiger partial charge in [0, 0.05) is 12.0 Å². The van der Waals surface area contributed by atoms with Crippen molar-refractivity contribution in [3.63, 3.8) is 0 Å². The van der Waals surface area contributed by atoms with E-state index in [0.717, 1.165) is 32.2 Å². The molecule has 0 heterocycles. The Morgan fingerprint density at radius 3 is 2.19 bits per heavy atom. The zero-order chi connectivity index (χ0) is 12.0. The fraction of sp³-hybridized carbons (Fsp3) is 1.00. The van der Waals surface area contributed by atoms with Gasteiger partial charge in [0.2, 0.25) is 0 Å². The number of rotatable bonds is 6. The molecule has 0 saturated heterocycles. The van der Waals surface area contributed by atoms with Crippen molar-refractivity contribution >= 4 is 0 Å². The lowest BCUT2D eigenvalue weighted by molar-refractivity contribution is 0.0664. The summed E-state index contributed by atoms with van der Waals surface area (Å²) in [6, 6.07) is 0. The molecule has 1 rings (SSSR count). The van der Waals surface area contributed by atoms with Gasteiger partial charge in [0.05, 0.1) is 19.3 Å². The molecular formula is C12H25NO3. The number of hydrogen-bond acceptors (Lipinski definition) is 4. The summed E-state index contributed by atoms with van der Waals surface area (Å²) in [7, 11) is 0. The molecule has 1 saturated carbocycles. The van der Waals surface area contributed by atoms with Gasteiger partial charge in [0.1, 0.15) is 0 Å². The Morgan fingerprint density at radius 2 is 1.69 bits per heavy atom. The smallest absolute Gasteiger partial charge is 0.0540 e. The highest BCUT2D eigenvalue weighted by atomic mass is 16.3. The van der Waals surface area contributed by atoms with Crippen LogP contribution in [0.5, 0.6) is 0 Å². The maximum atomic E-state index is 9.37. The van der Waals surface area contributed by atoms with Crippen LogP contribution in [0.1, 0.15) is 32.6 Å². The molecule has 0 aromatic carbocycles. The lowest BCUT2D eigenvalue weighted by Crippen LogP contribution is -2.40. The molecule has 0 aromatic heterocycles. The average molecular weight is 231 g/mol. The Kier molecular flexibility index (Phi) is 5.69. The summed E-state index contributed by atoms with van der Waals surface area (Å²) < 4.78 is 0. The minimum absolute atomic E-state index is 0.000118. The summed E-state index contributed by atoms with van der Waals surface area (Å²) in [5.41, 5.74) is -0.422. The highest BCUT2D eigenvalue weighted by molar-refractivity contribution is 4.78. The van der Waals surface area contributed by atoms with E-state index < -0.39 is 5.41 Å². The monoisotopic (exact) mass is 231 g/mol. The van der Waals surface area contributed by atoms with Crippen LogP contribution in [0, 0.1) is 11.3 Å². The molecule has 0 atom stereocenters. The third kappa shape index (κ3) is 4.37. The third-order valence-electron chi connectivity index (χ3n) is 3.56. The summed E-state index contributed by atoms with van der Waals surface area (Å²) in [4.78, 5) is 0. The van der Waals surface area contributed by atoms with E-state index in [1.807, 2.05) is 6.92 Å². The van der Waals surface area contributed by atoms with Gasteiger partial charge < -0.3 is 20.6 Å². The van der Waals surface area contributed by atoms with Crippen molar-refractivity contribution in [1.82, 2.24) is 5.32 Å². The Balaban J connectivity index is 2.15. The number of hydrogen-bond donors (Lipinski definition) is 4. The van der Waals surface area contributed by atoms with E-state index in [2.05, 4.69) is 5.32 Å². The molecule has 4 N–H and O–H groups in total. The van der Waals surface area contributed by atoms with Crippen molar-refractivity contribution in [2.75, 3.05) is 26.3 Å². The molecule has 1 fully saturated rings. The van der Waals surface area contributed by atoms with Crippen LogP contribution in [0.3, 0.4) is 0 Å². The quantitative estimate of drug-likeness (QED) is 0.524. The van der Waals surface area contributed by atoms with E-state index in [0.29, 0.717) is 12.5 Å². The molecule has 0 spiro atoms. The zero-order valence-corrected chi connectivity index (χ0v) is 10.2. The molecule has 96 valence electrons. The second-order valence-corrected chi connectivity index (χ2v) is 5.43. The minimum Gasteiger partial charge on any atom is -0.396 e. The van der Waals surface area contributed by atoms with E-state index >= 15 is 0 Å². The summed E-state index contributed by atoms with van der Waals surface area (Å²) >= 11 is 0. The fourth-order valence-corrected chi connectivity index (χ4v) is 2.09. The van der Waals surface area contributed by atoms with Gasteiger partial charge in [-0.3, -0.25) is 0 Å². The van der Waals surface area contributed by atoms with E-state index in [-0.39, 0.29) is 19.3 Å². The fourth-order valence-electron chi connectivity index (χ4n) is 2.09. The summed E-state index contributed by atoms with van der Waals surface area (Å²) in [5.74, 6) is 0.630. The highest BCUT2D eigenvalue weighted by Gasteiger charge is 2.23. The van der Waals surface area contributed by atoms with E-state index in [1.165, 1.54) is 0 Å². The van der Waals surface area contributed by atoms with Crippen LogP contribution in [0.4, 0.5) is 0 Å². The summed E-state index contributed by atoms with van der Waals surface area (Å²) in [5, 5.41) is 30.9. The minimum atomic E-state index is -0.422. The van der Waals surface area contributed by atoms with Crippen LogP contribution >= 0.6 is 0 Å². The second-order valence-electron chi connectivity index (χ2n) is 5.43. The largest absolute Gasteiger partial charge is 0.396 e. The number of aliphatic hydroxyl groups excluding tert-OH is 3. The molecule has 16 heavy (non-hydrogen) atoms. The van der Waals surface area contributed by atoms with Crippen LogP contribution in [0.2, 0.25) is 0 Å². The van der Waals surface area contributed by atoms with Crippen molar-refractivity contribution in [1.29, 1.82) is 0 Å². The van der Waals surface area contributed by atoms with Crippen LogP contribution in [-0.4, -0.2) is 47.7 Å². The Bertz CT molecular complexity index is 187. The standard InChI is InChI=1S/C12H25NO3/c1-12(8-14,9-15)7-13-6-10-2-4-11(16)5-3-10/h10-11,13-16H,2-9H2,1H3. The van der Waals surface area contributed by atoms with Crippen molar-refractivity contribution in [3.05, 3.63) is 0 Å². The van der Waals surface area contributed by atoms with Gasteiger partial charge >= 0.3 is 0 Å². The van der Waals surface area contributed by atoms with Gasteiger partial charge in [0.15, 0.2) is 0 Å². The molecule has 0 bridgehead atoms. The molecule has 0 aliphatic heterocycles. The number of nitrogens with one attached hydrogen (secondary N) is 1. The SMILES string of the molecule is CC(CO)(CO)CNCC1CCC(O)CC1. The first-order valence-electron chi connectivity index (χ1n) is 6.20. The van der Waals surface area contributed by atoms with E-state index in [1.54, 1.807) is 0 Å². The number of aliphatic hydroxyl groups is 3. The Labute approximate surface area is 97.7 Å². The van der Waals surface area contributed by atoms with Gasteiger partial charge in [-0.1, -0.05) is 6.92 Å². The van der Waals surface area contributed by atoms with Crippen LogP contribution in [-0.2, 0) is 0 Å². The molecule has 0 unspecified atom stereocenters. The first-order valence-corrected chi connectivity index (χ1v) is 6.20. The lowest BCUT2D eigenvalue weighted by Gasteiger charge is -2.29. The maximum Gasteiger partial charge on any atom is 0.0540 e. The van der Waals surface area contributed by atoms with Crippen molar-refractivity contribution in [3.8, 4) is 0 Å². The van der Waals surface area contributed by atoms with Gasteiger partial charge in [-0.25, -0.2) is 0 Å². The first-order chi connectivity index (χ1) is 7.59. The van der Waals surface area contributed by atoms with Crippen molar-refractivity contribution in [2.45, 2.75) is 38.7 Å². The predicted molar refractivity (Wildman–Crippen MR) is 63.1 cm³/mol. The molecule has 4 nitrogen and oxygen atoms in total. The first kappa shape index (κ1) is 13.9. The van der Waals surface area contributed by atoms with E-state index in [4.69, 9.17) is 10.2 Å². The van der Waals surface area contributed by atoms with Gasteiger partial charge in [-0.15, -0.1) is 0 Å². The lowest BCUT2D eigenvalue weighted by atomic mass is 9.87. The van der Waals surface area contributed by atoms with Crippen LogP contribution in [0.25, 0.3) is 0 Å². The summed E-state index contributed by atoms with van der Waals surface area (Å²) in [6.07, 6.45) is 3.86. The Morgan fingerprint density at radius 1 is 1.12 bits per heavy atom. The second kappa shape index (κ2) is 6.55. The van der Waals surface area contributed by atoms with Crippen LogP contribution in [0.15, 0.2) is 0 Å². The molecule has 0 amide bonds. The molecule has 4 heteroatoms. The molecule has 0 radical (unpaired) electrons. The molecule has 1 aliphatic rings. The Hall–Kier alpha value is -0.160. The topological polar surface area (TPSA) is 72.7 Å². The molecule has 0 aromatic rings. The average Bonchev–Trinajstić information content (AvgIpc) is 2.31. The zero-order valence-electron chi connectivity index (χ0n) is 10.2. The van der Waals surface area contributed by atoms with Crippen LogP contribution < -0.4 is 5.32 Å². The van der Waals surface area contributed by atoms with Gasteiger partial charge in [-0.05, 0) is 38.1 Å². The molecular weight excluding hydrogens is 206 g/mol.